The van der Waals surface area contributed by atoms with Gasteiger partial charge in [0.2, 0.25) is 18.3 Å². The average molecular weight is 575 g/mol. The number of benzene rings is 2. The fraction of sp³-hybridized carbons (Fsp3) is 0.406. The van der Waals surface area contributed by atoms with E-state index in [2.05, 4.69) is 6.92 Å². The van der Waals surface area contributed by atoms with Crippen LogP contribution < -0.4 is 25.7 Å². The van der Waals surface area contributed by atoms with E-state index in [1.54, 1.807) is 33.9 Å². The molecule has 42 heavy (non-hydrogen) atoms. The number of hydrogen-bond acceptors (Lipinski definition) is 7. The zero-order valence-electron chi connectivity index (χ0n) is 23.9. The number of nitrogens with zero attached hydrogens (tertiary/aromatic N) is 3. The van der Waals surface area contributed by atoms with Crippen LogP contribution in [0.3, 0.4) is 0 Å². The molecular formula is C32H38N4O6. The number of hydrogen-bond donors (Lipinski definition) is 2. The van der Waals surface area contributed by atoms with Crippen LogP contribution in [0.15, 0.2) is 71.7 Å². The highest BCUT2D eigenvalue weighted by Gasteiger charge is 2.47. The standard InChI is InChI=1S/C32H38N4O6/c1-2-3-14-36(24-8-6-7-22(16-24)18-33)30(38)20-35-19-25(23-10-11-27-28(17-23)42-21-41-27)31(32(39)40)26(35)12-15-34-13-5-4-9-29(34)37/h4-11,13,16-17,25-26,31H,2-3,12,14-15,18-21,33H2,1H3,(H,39,40)/t25-,26+,31?/m1/s1. The van der Waals surface area contributed by atoms with Gasteiger partial charge in [0.05, 0.1) is 12.5 Å². The SMILES string of the molecule is CCCCN(C(=O)CN1C[C@H](c2ccc3c(c2)OCO3)C(C(=O)O)[C@@H]1CCn1ccccc1=O)c1cccc(CN)c1. The Morgan fingerprint density at radius 2 is 1.90 bits per heavy atom. The quantitative estimate of drug-likeness (QED) is 0.337. The van der Waals surface area contributed by atoms with Gasteiger partial charge in [0.1, 0.15) is 0 Å². The van der Waals surface area contributed by atoms with Crippen molar-refractivity contribution in [1.82, 2.24) is 9.47 Å². The van der Waals surface area contributed by atoms with Crippen LogP contribution in [0.1, 0.15) is 43.2 Å². The average Bonchev–Trinajstić information content (AvgIpc) is 3.61. The molecule has 1 aromatic heterocycles. The number of fused-ring (bicyclic) bond motifs is 1. The summed E-state index contributed by atoms with van der Waals surface area (Å²) in [6, 6.07) is 17.7. The highest BCUT2D eigenvalue weighted by Crippen LogP contribution is 2.43. The van der Waals surface area contributed by atoms with E-state index in [0.717, 1.165) is 29.7 Å². The second-order valence-electron chi connectivity index (χ2n) is 10.9. The molecule has 1 fully saturated rings. The van der Waals surface area contributed by atoms with Gasteiger partial charge in [-0.3, -0.25) is 19.3 Å². The lowest BCUT2D eigenvalue weighted by molar-refractivity contribution is -0.143. The van der Waals surface area contributed by atoms with E-state index in [4.69, 9.17) is 15.2 Å². The summed E-state index contributed by atoms with van der Waals surface area (Å²) >= 11 is 0. The van der Waals surface area contributed by atoms with Crippen LogP contribution in [0.5, 0.6) is 11.5 Å². The Bertz CT molecular complexity index is 1470. The molecule has 3 N–H and O–H groups in total. The molecule has 10 heteroatoms. The third-order valence-electron chi connectivity index (χ3n) is 8.26. The van der Waals surface area contributed by atoms with Crippen LogP contribution >= 0.6 is 0 Å². The zero-order valence-corrected chi connectivity index (χ0v) is 23.9. The number of aromatic nitrogens is 1. The van der Waals surface area contributed by atoms with E-state index in [9.17, 15) is 19.5 Å². The molecule has 1 saturated heterocycles. The maximum Gasteiger partial charge on any atom is 0.308 e. The molecule has 0 spiro atoms. The molecular weight excluding hydrogens is 536 g/mol. The first-order valence-corrected chi connectivity index (χ1v) is 14.5. The fourth-order valence-electron chi connectivity index (χ4n) is 6.08. The van der Waals surface area contributed by atoms with Crippen molar-refractivity contribution in [2.75, 3.05) is 31.3 Å². The molecule has 0 radical (unpaired) electrons. The lowest BCUT2D eigenvalue weighted by atomic mass is 9.84. The molecule has 3 atom stereocenters. The van der Waals surface area contributed by atoms with E-state index in [1.165, 1.54) is 6.07 Å². The Morgan fingerprint density at radius 1 is 1.07 bits per heavy atom. The van der Waals surface area contributed by atoms with Gasteiger partial charge in [-0.05, 0) is 54.3 Å². The zero-order chi connectivity index (χ0) is 29.6. The van der Waals surface area contributed by atoms with Crippen molar-refractivity contribution in [2.45, 2.75) is 51.2 Å². The van der Waals surface area contributed by atoms with Gasteiger partial charge in [0, 0.05) is 56.1 Å². The Balaban J connectivity index is 1.46. The normalized spacial score (nSPS) is 19.6. The molecule has 3 aromatic rings. The van der Waals surface area contributed by atoms with Gasteiger partial charge >= 0.3 is 5.97 Å². The molecule has 2 aromatic carbocycles. The van der Waals surface area contributed by atoms with Crippen molar-refractivity contribution in [3.05, 3.63) is 88.3 Å². The number of carboxylic acids is 1. The summed E-state index contributed by atoms with van der Waals surface area (Å²) < 4.78 is 12.6. The van der Waals surface area contributed by atoms with Crippen LogP contribution in [-0.4, -0.2) is 58.9 Å². The lowest BCUT2D eigenvalue weighted by Gasteiger charge is -2.30. The number of likely N-dealkylation sites (tertiary alicyclic amines) is 1. The summed E-state index contributed by atoms with van der Waals surface area (Å²) in [7, 11) is 0. The molecule has 2 aliphatic rings. The number of amides is 1. The molecule has 0 bridgehead atoms. The highest BCUT2D eigenvalue weighted by atomic mass is 16.7. The molecule has 2 aliphatic heterocycles. The summed E-state index contributed by atoms with van der Waals surface area (Å²) in [5, 5.41) is 10.5. The molecule has 10 nitrogen and oxygen atoms in total. The predicted molar refractivity (Wildman–Crippen MR) is 159 cm³/mol. The first-order chi connectivity index (χ1) is 20.4. The summed E-state index contributed by atoms with van der Waals surface area (Å²) in [5.41, 5.74) is 8.26. The van der Waals surface area contributed by atoms with Crippen molar-refractivity contribution in [1.29, 1.82) is 0 Å². The molecule has 1 amide bonds. The van der Waals surface area contributed by atoms with E-state index >= 15 is 0 Å². The van der Waals surface area contributed by atoms with Crippen molar-refractivity contribution >= 4 is 17.6 Å². The second-order valence-corrected chi connectivity index (χ2v) is 10.9. The van der Waals surface area contributed by atoms with Crippen molar-refractivity contribution in [2.24, 2.45) is 11.7 Å². The third-order valence-corrected chi connectivity index (χ3v) is 8.26. The van der Waals surface area contributed by atoms with Gasteiger partial charge in [-0.1, -0.05) is 37.6 Å². The van der Waals surface area contributed by atoms with Crippen molar-refractivity contribution in [3.8, 4) is 11.5 Å². The summed E-state index contributed by atoms with van der Waals surface area (Å²) in [5.74, 6) is -0.994. The molecule has 0 saturated carbocycles. The highest BCUT2D eigenvalue weighted by molar-refractivity contribution is 5.95. The number of aryl methyl sites for hydroxylation is 1. The summed E-state index contributed by atoms with van der Waals surface area (Å²) in [6.07, 6.45) is 3.85. The van der Waals surface area contributed by atoms with Gasteiger partial charge in [-0.15, -0.1) is 0 Å². The van der Waals surface area contributed by atoms with Crippen molar-refractivity contribution < 1.29 is 24.2 Å². The smallest absolute Gasteiger partial charge is 0.308 e. The Kier molecular flexibility index (Phi) is 9.24. The molecule has 0 aliphatic carbocycles. The number of aliphatic carboxylic acids is 1. The van der Waals surface area contributed by atoms with Crippen LogP contribution in [0.4, 0.5) is 5.69 Å². The summed E-state index contributed by atoms with van der Waals surface area (Å²) in [6.45, 7) is 3.89. The number of carboxylic acid groups (broad SMARTS) is 1. The minimum absolute atomic E-state index is 0.0513. The maximum absolute atomic E-state index is 14.0. The number of carbonyl (C=O) groups is 2. The number of carbonyl (C=O) groups excluding carboxylic acids is 1. The fourth-order valence-corrected chi connectivity index (χ4v) is 6.08. The molecule has 3 heterocycles. The van der Waals surface area contributed by atoms with E-state index in [0.29, 0.717) is 44.1 Å². The van der Waals surface area contributed by atoms with Gasteiger partial charge in [0.15, 0.2) is 11.5 Å². The molecule has 1 unspecified atom stereocenters. The minimum atomic E-state index is -0.934. The number of nitrogens with two attached hydrogens (primary N) is 1. The Hall–Kier alpha value is -4.15. The van der Waals surface area contributed by atoms with Crippen LogP contribution in [0, 0.1) is 5.92 Å². The van der Waals surface area contributed by atoms with E-state index in [-0.39, 0.29) is 30.7 Å². The largest absolute Gasteiger partial charge is 0.481 e. The minimum Gasteiger partial charge on any atom is -0.481 e. The van der Waals surface area contributed by atoms with Crippen molar-refractivity contribution in [3.63, 3.8) is 0 Å². The van der Waals surface area contributed by atoms with Crippen LogP contribution in [-0.2, 0) is 22.7 Å². The Morgan fingerprint density at radius 3 is 2.67 bits per heavy atom. The Labute approximate surface area is 245 Å². The van der Waals surface area contributed by atoms with Gasteiger partial charge < -0.3 is 29.8 Å². The first-order valence-electron chi connectivity index (χ1n) is 14.5. The van der Waals surface area contributed by atoms with Gasteiger partial charge in [-0.25, -0.2) is 0 Å². The number of anilines is 1. The number of rotatable bonds is 12. The topological polar surface area (TPSA) is 127 Å². The molecule has 222 valence electrons. The summed E-state index contributed by atoms with van der Waals surface area (Å²) in [4.78, 5) is 43.0. The number of unbranched alkanes of at least 4 members (excludes halogenated alkanes) is 1. The third kappa shape index (κ3) is 6.34. The predicted octanol–water partition coefficient (Wildman–Crippen LogP) is 3.43. The molecule has 5 rings (SSSR count). The van der Waals surface area contributed by atoms with Crippen LogP contribution in [0.2, 0.25) is 0 Å². The van der Waals surface area contributed by atoms with E-state index in [1.807, 2.05) is 41.3 Å². The number of pyridine rings is 1. The van der Waals surface area contributed by atoms with Crippen LogP contribution in [0.25, 0.3) is 0 Å². The monoisotopic (exact) mass is 574 g/mol. The number of ether oxygens (including phenoxy) is 2. The van der Waals surface area contributed by atoms with Gasteiger partial charge in [0.25, 0.3) is 0 Å². The lowest BCUT2D eigenvalue weighted by Crippen LogP contribution is -2.45. The first kappa shape index (κ1) is 29.3. The maximum atomic E-state index is 14.0. The van der Waals surface area contributed by atoms with E-state index < -0.39 is 17.9 Å². The van der Waals surface area contributed by atoms with Gasteiger partial charge in [-0.2, -0.15) is 0 Å². The second kappa shape index (κ2) is 13.2.